The van der Waals surface area contributed by atoms with Gasteiger partial charge in [-0.3, -0.25) is 14.4 Å². The SMILES string of the molecule is O=C(CCCSc1ccccc1)N(CCn1cccn1)c1nc2c(F)cccc2s1. The maximum atomic E-state index is 14.1. The molecule has 0 aliphatic heterocycles. The number of para-hydroxylation sites is 1. The molecule has 0 bridgehead atoms. The molecule has 1 amide bonds. The zero-order valence-corrected chi connectivity index (χ0v) is 17.9. The van der Waals surface area contributed by atoms with Crippen molar-refractivity contribution < 1.29 is 9.18 Å². The van der Waals surface area contributed by atoms with E-state index in [9.17, 15) is 9.18 Å². The summed E-state index contributed by atoms with van der Waals surface area (Å²) in [5, 5.41) is 4.74. The van der Waals surface area contributed by atoms with Crippen LogP contribution in [0.15, 0.2) is 71.9 Å². The molecule has 5 nitrogen and oxygen atoms in total. The van der Waals surface area contributed by atoms with E-state index in [4.69, 9.17) is 0 Å². The van der Waals surface area contributed by atoms with Gasteiger partial charge in [0, 0.05) is 30.3 Å². The number of aromatic nitrogens is 3. The molecule has 154 valence electrons. The number of hydrogen-bond donors (Lipinski definition) is 0. The molecular formula is C22H21FN4OS2. The first-order valence-electron chi connectivity index (χ1n) is 9.71. The lowest BCUT2D eigenvalue weighted by atomic mass is 10.3. The van der Waals surface area contributed by atoms with Gasteiger partial charge in [0.25, 0.3) is 0 Å². The van der Waals surface area contributed by atoms with Crippen LogP contribution in [0.3, 0.4) is 0 Å². The van der Waals surface area contributed by atoms with Gasteiger partial charge in [-0.1, -0.05) is 35.6 Å². The predicted octanol–water partition coefficient (Wildman–Crippen LogP) is 5.24. The fourth-order valence-corrected chi connectivity index (χ4v) is 4.94. The molecular weight excluding hydrogens is 419 g/mol. The number of thioether (sulfide) groups is 1. The standard InChI is InChI=1S/C22H21FN4OS2/c23-18-9-4-10-19-21(18)25-22(30-19)27(15-14-26-13-6-12-24-26)20(28)11-5-16-29-17-7-2-1-3-8-17/h1-4,6-10,12-13H,5,11,14-16H2. The molecule has 0 N–H and O–H groups in total. The van der Waals surface area contributed by atoms with Crippen molar-refractivity contribution in [3.63, 3.8) is 0 Å². The van der Waals surface area contributed by atoms with Crippen LogP contribution in [0.4, 0.5) is 9.52 Å². The average molecular weight is 441 g/mol. The van der Waals surface area contributed by atoms with E-state index < -0.39 is 0 Å². The van der Waals surface area contributed by atoms with Gasteiger partial charge in [-0.25, -0.2) is 9.37 Å². The van der Waals surface area contributed by atoms with E-state index in [1.165, 1.54) is 22.3 Å². The van der Waals surface area contributed by atoms with E-state index in [2.05, 4.69) is 22.2 Å². The minimum Gasteiger partial charge on any atom is -0.286 e. The number of amides is 1. The van der Waals surface area contributed by atoms with E-state index in [0.717, 1.165) is 16.9 Å². The summed E-state index contributed by atoms with van der Waals surface area (Å²) in [5.41, 5.74) is 0.314. The van der Waals surface area contributed by atoms with Crippen molar-refractivity contribution in [1.29, 1.82) is 0 Å². The largest absolute Gasteiger partial charge is 0.286 e. The van der Waals surface area contributed by atoms with E-state index in [1.54, 1.807) is 33.6 Å². The van der Waals surface area contributed by atoms with Gasteiger partial charge in [-0.15, -0.1) is 11.8 Å². The summed E-state index contributed by atoms with van der Waals surface area (Å²) in [7, 11) is 0. The summed E-state index contributed by atoms with van der Waals surface area (Å²) in [6.07, 6.45) is 4.74. The van der Waals surface area contributed by atoms with Crippen LogP contribution in [0, 0.1) is 5.82 Å². The highest BCUT2D eigenvalue weighted by molar-refractivity contribution is 7.99. The fourth-order valence-electron chi connectivity index (χ4n) is 3.05. The van der Waals surface area contributed by atoms with Crippen LogP contribution in [0.1, 0.15) is 12.8 Å². The first kappa shape index (κ1) is 20.6. The van der Waals surface area contributed by atoms with E-state index in [-0.39, 0.29) is 11.7 Å². The lowest BCUT2D eigenvalue weighted by Gasteiger charge is -2.20. The van der Waals surface area contributed by atoms with Crippen molar-refractivity contribution in [3.05, 3.63) is 72.8 Å². The number of benzene rings is 2. The summed E-state index contributed by atoms with van der Waals surface area (Å²) in [4.78, 5) is 20.3. The Kier molecular flexibility index (Phi) is 6.76. The van der Waals surface area contributed by atoms with Crippen molar-refractivity contribution in [2.75, 3.05) is 17.2 Å². The van der Waals surface area contributed by atoms with Crippen LogP contribution in [0.2, 0.25) is 0 Å². The molecule has 4 rings (SSSR count). The Bertz CT molecular complexity index is 1100. The minimum absolute atomic E-state index is 0.00437. The summed E-state index contributed by atoms with van der Waals surface area (Å²) in [6.45, 7) is 0.990. The third-order valence-corrected chi connectivity index (χ3v) is 6.69. The Balaban J connectivity index is 1.44. The average Bonchev–Trinajstić information content (AvgIpc) is 3.43. The van der Waals surface area contributed by atoms with Gasteiger partial charge in [0.2, 0.25) is 5.91 Å². The second kappa shape index (κ2) is 9.86. The number of nitrogens with zero attached hydrogens (tertiary/aromatic N) is 4. The van der Waals surface area contributed by atoms with Crippen LogP contribution < -0.4 is 4.90 Å². The molecule has 0 aliphatic carbocycles. The summed E-state index contributed by atoms with van der Waals surface area (Å²) >= 11 is 3.08. The number of hydrogen-bond acceptors (Lipinski definition) is 5. The highest BCUT2D eigenvalue weighted by Crippen LogP contribution is 2.31. The maximum absolute atomic E-state index is 14.1. The van der Waals surface area contributed by atoms with Crippen LogP contribution in [-0.2, 0) is 11.3 Å². The summed E-state index contributed by atoms with van der Waals surface area (Å²) < 4.78 is 16.6. The summed E-state index contributed by atoms with van der Waals surface area (Å²) in [6, 6.07) is 16.9. The Morgan fingerprint density at radius 2 is 2.00 bits per heavy atom. The van der Waals surface area contributed by atoms with Gasteiger partial charge in [0.05, 0.1) is 11.2 Å². The molecule has 4 aromatic rings. The lowest BCUT2D eigenvalue weighted by Crippen LogP contribution is -2.34. The molecule has 0 fully saturated rings. The van der Waals surface area contributed by atoms with Crippen LogP contribution >= 0.6 is 23.1 Å². The molecule has 0 atom stereocenters. The lowest BCUT2D eigenvalue weighted by molar-refractivity contribution is -0.118. The zero-order chi connectivity index (χ0) is 20.8. The minimum atomic E-state index is -0.367. The number of thiazole rings is 1. The van der Waals surface area contributed by atoms with Gasteiger partial charge in [-0.05, 0) is 42.5 Å². The normalized spacial score (nSPS) is 11.1. The number of fused-ring (bicyclic) bond motifs is 1. The molecule has 30 heavy (non-hydrogen) atoms. The fraction of sp³-hybridized carbons (Fsp3) is 0.227. The number of rotatable bonds is 9. The van der Waals surface area contributed by atoms with Gasteiger partial charge in [0.15, 0.2) is 5.13 Å². The Labute approximate surface area is 182 Å². The van der Waals surface area contributed by atoms with Crippen molar-refractivity contribution in [1.82, 2.24) is 14.8 Å². The molecule has 0 saturated heterocycles. The first-order valence-corrected chi connectivity index (χ1v) is 11.5. The zero-order valence-electron chi connectivity index (χ0n) is 16.3. The van der Waals surface area contributed by atoms with Crippen molar-refractivity contribution in [2.45, 2.75) is 24.3 Å². The first-order chi connectivity index (χ1) is 14.7. The molecule has 8 heteroatoms. The van der Waals surface area contributed by atoms with E-state index in [0.29, 0.717) is 30.2 Å². The monoisotopic (exact) mass is 440 g/mol. The topological polar surface area (TPSA) is 51.0 Å². The maximum Gasteiger partial charge on any atom is 0.228 e. The molecule has 0 unspecified atom stereocenters. The van der Waals surface area contributed by atoms with E-state index >= 15 is 0 Å². The van der Waals surface area contributed by atoms with Crippen molar-refractivity contribution in [2.24, 2.45) is 0 Å². The van der Waals surface area contributed by atoms with Crippen LogP contribution in [0.5, 0.6) is 0 Å². The number of carbonyl (C=O) groups is 1. The molecule has 0 saturated carbocycles. The van der Waals surface area contributed by atoms with Crippen LogP contribution in [-0.4, -0.2) is 33.0 Å². The molecule has 2 heterocycles. The Morgan fingerprint density at radius 1 is 1.13 bits per heavy atom. The molecule has 2 aromatic carbocycles. The summed E-state index contributed by atoms with van der Waals surface area (Å²) in [5.74, 6) is 0.487. The third-order valence-electron chi connectivity index (χ3n) is 4.55. The molecule has 0 spiro atoms. The predicted molar refractivity (Wildman–Crippen MR) is 121 cm³/mol. The Hall–Kier alpha value is -2.71. The second-order valence-corrected chi connectivity index (χ2v) is 8.84. The van der Waals surface area contributed by atoms with Gasteiger partial charge in [0.1, 0.15) is 11.3 Å². The van der Waals surface area contributed by atoms with Crippen molar-refractivity contribution >= 4 is 44.4 Å². The van der Waals surface area contributed by atoms with Crippen molar-refractivity contribution in [3.8, 4) is 0 Å². The van der Waals surface area contributed by atoms with Gasteiger partial charge in [-0.2, -0.15) is 5.10 Å². The van der Waals surface area contributed by atoms with E-state index in [1.807, 2.05) is 36.5 Å². The van der Waals surface area contributed by atoms with Crippen LogP contribution in [0.25, 0.3) is 10.2 Å². The third kappa shape index (κ3) is 5.06. The number of anilines is 1. The molecule has 0 radical (unpaired) electrons. The highest BCUT2D eigenvalue weighted by Gasteiger charge is 2.20. The highest BCUT2D eigenvalue weighted by atomic mass is 32.2. The Morgan fingerprint density at radius 3 is 2.77 bits per heavy atom. The second-order valence-electron chi connectivity index (χ2n) is 6.66. The van der Waals surface area contributed by atoms with Gasteiger partial charge >= 0.3 is 0 Å². The smallest absolute Gasteiger partial charge is 0.228 e. The van der Waals surface area contributed by atoms with Gasteiger partial charge < -0.3 is 0 Å². The molecule has 2 aromatic heterocycles. The number of halogens is 1. The quantitative estimate of drug-likeness (QED) is 0.264. The number of carbonyl (C=O) groups excluding carboxylic acids is 1. The molecule has 0 aliphatic rings.